The van der Waals surface area contributed by atoms with E-state index in [0.717, 1.165) is 12.0 Å². The van der Waals surface area contributed by atoms with Crippen LogP contribution in [0.15, 0.2) is 36.7 Å². The molecule has 4 heteroatoms. The molecule has 0 aliphatic rings. The molecule has 1 aromatic carbocycles. The minimum absolute atomic E-state index is 0.143. The fraction of sp³-hybridized carbons (Fsp3) is 0.471. The van der Waals surface area contributed by atoms with E-state index < -0.39 is 0 Å². The predicted octanol–water partition coefficient (Wildman–Crippen LogP) is 3.16. The topological polar surface area (TPSA) is 47.1 Å². The summed E-state index contributed by atoms with van der Waals surface area (Å²) in [4.78, 5) is 2.22. The van der Waals surface area contributed by atoms with E-state index in [1.807, 2.05) is 10.9 Å². The van der Waals surface area contributed by atoms with E-state index in [0.29, 0.717) is 12.6 Å². The number of nitrogens with zero attached hydrogens (tertiary/aromatic N) is 3. The van der Waals surface area contributed by atoms with E-state index in [1.54, 1.807) is 0 Å². The minimum Gasteiger partial charge on any atom is -0.366 e. The Hall–Kier alpha value is -1.81. The van der Waals surface area contributed by atoms with Gasteiger partial charge in [0.1, 0.15) is 0 Å². The van der Waals surface area contributed by atoms with Crippen molar-refractivity contribution in [1.29, 1.82) is 0 Å². The Morgan fingerprint density at radius 1 is 1.24 bits per heavy atom. The Bertz CT molecular complexity index is 556. The van der Waals surface area contributed by atoms with E-state index in [4.69, 9.17) is 5.73 Å². The van der Waals surface area contributed by atoms with Crippen molar-refractivity contribution in [3.63, 3.8) is 0 Å². The fourth-order valence-corrected chi connectivity index (χ4v) is 2.47. The molecular formula is C17H26N4. The van der Waals surface area contributed by atoms with Gasteiger partial charge in [-0.15, -0.1) is 0 Å². The van der Waals surface area contributed by atoms with E-state index in [2.05, 4.69) is 68.3 Å². The highest BCUT2D eigenvalue weighted by Gasteiger charge is 2.18. The summed E-state index contributed by atoms with van der Waals surface area (Å²) in [6.45, 7) is 6.99. The molecule has 0 aliphatic heterocycles. The van der Waals surface area contributed by atoms with Crippen molar-refractivity contribution in [3.05, 3.63) is 47.8 Å². The summed E-state index contributed by atoms with van der Waals surface area (Å²) >= 11 is 0. The molecule has 4 nitrogen and oxygen atoms in total. The fourth-order valence-electron chi connectivity index (χ4n) is 2.47. The van der Waals surface area contributed by atoms with Gasteiger partial charge < -0.3 is 10.6 Å². The van der Waals surface area contributed by atoms with Crippen LogP contribution >= 0.6 is 0 Å². The number of aryl methyl sites for hydroxylation is 1. The SMILES string of the molecule is CCc1ccc(N(C)C(CN)c2cnn(C(C)C)c2)cc1. The quantitative estimate of drug-likeness (QED) is 0.887. The van der Waals surface area contributed by atoms with Gasteiger partial charge in [0.2, 0.25) is 0 Å². The van der Waals surface area contributed by atoms with Gasteiger partial charge in [0.05, 0.1) is 12.2 Å². The molecule has 0 radical (unpaired) electrons. The summed E-state index contributed by atoms with van der Waals surface area (Å²) in [5, 5.41) is 4.42. The summed E-state index contributed by atoms with van der Waals surface area (Å²) in [6.07, 6.45) is 5.08. The van der Waals surface area contributed by atoms with Gasteiger partial charge in [-0.05, 0) is 38.0 Å². The highest BCUT2D eigenvalue weighted by molar-refractivity contribution is 5.49. The molecule has 21 heavy (non-hydrogen) atoms. The third-order valence-corrected chi connectivity index (χ3v) is 3.98. The van der Waals surface area contributed by atoms with Crippen molar-refractivity contribution in [2.75, 3.05) is 18.5 Å². The van der Waals surface area contributed by atoms with Crippen LogP contribution in [0.3, 0.4) is 0 Å². The lowest BCUT2D eigenvalue weighted by atomic mass is 10.1. The smallest absolute Gasteiger partial charge is 0.0692 e. The number of hydrogen-bond donors (Lipinski definition) is 1. The molecule has 0 spiro atoms. The predicted molar refractivity (Wildman–Crippen MR) is 88.6 cm³/mol. The standard InChI is InChI=1S/C17H26N4/c1-5-14-6-8-16(9-7-14)20(4)17(10-18)15-11-19-21(12-15)13(2)3/h6-9,11-13,17H,5,10,18H2,1-4H3. The average molecular weight is 286 g/mol. The highest BCUT2D eigenvalue weighted by atomic mass is 15.3. The Balaban J connectivity index is 2.22. The molecule has 114 valence electrons. The summed E-state index contributed by atoms with van der Waals surface area (Å²) in [5.41, 5.74) is 9.70. The zero-order valence-corrected chi connectivity index (χ0v) is 13.5. The van der Waals surface area contributed by atoms with Gasteiger partial charge in [-0.25, -0.2) is 0 Å². The number of hydrogen-bond acceptors (Lipinski definition) is 3. The summed E-state index contributed by atoms with van der Waals surface area (Å²) < 4.78 is 1.98. The van der Waals surface area contributed by atoms with Crippen molar-refractivity contribution in [1.82, 2.24) is 9.78 Å². The molecule has 2 aromatic rings. The van der Waals surface area contributed by atoms with Crippen molar-refractivity contribution < 1.29 is 0 Å². The number of nitrogens with two attached hydrogens (primary N) is 1. The zero-order chi connectivity index (χ0) is 15.4. The molecular weight excluding hydrogens is 260 g/mol. The second-order valence-electron chi connectivity index (χ2n) is 5.73. The van der Waals surface area contributed by atoms with E-state index in [1.165, 1.54) is 11.3 Å². The normalized spacial score (nSPS) is 12.7. The van der Waals surface area contributed by atoms with Crippen LogP contribution in [-0.2, 0) is 6.42 Å². The Morgan fingerprint density at radius 3 is 2.38 bits per heavy atom. The van der Waals surface area contributed by atoms with Crippen LogP contribution in [0.1, 0.15) is 44.0 Å². The molecule has 1 heterocycles. The van der Waals surface area contributed by atoms with Crippen molar-refractivity contribution in [3.8, 4) is 0 Å². The summed E-state index contributed by atoms with van der Waals surface area (Å²) in [7, 11) is 2.09. The Morgan fingerprint density at radius 2 is 1.90 bits per heavy atom. The first kappa shape index (κ1) is 15.6. The molecule has 0 saturated carbocycles. The van der Waals surface area contributed by atoms with Crippen molar-refractivity contribution >= 4 is 5.69 Å². The first-order chi connectivity index (χ1) is 10.1. The summed E-state index contributed by atoms with van der Waals surface area (Å²) in [5.74, 6) is 0. The number of aromatic nitrogens is 2. The van der Waals surface area contributed by atoms with Crippen molar-refractivity contribution in [2.45, 2.75) is 39.3 Å². The van der Waals surface area contributed by atoms with E-state index >= 15 is 0 Å². The molecule has 0 amide bonds. The molecule has 1 atom stereocenters. The third-order valence-electron chi connectivity index (χ3n) is 3.98. The second kappa shape index (κ2) is 6.76. The number of benzene rings is 1. The van der Waals surface area contributed by atoms with Gasteiger partial charge >= 0.3 is 0 Å². The van der Waals surface area contributed by atoms with Gasteiger partial charge in [0, 0.05) is 37.1 Å². The van der Waals surface area contributed by atoms with Gasteiger partial charge in [-0.3, -0.25) is 4.68 Å². The molecule has 0 saturated heterocycles. The van der Waals surface area contributed by atoms with Crippen LogP contribution in [0.5, 0.6) is 0 Å². The number of anilines is 1. The molecule has 0 aliphatic carbocycles. The molecule has 0 bridgehead atoms. The van der Waals surface area contributed by atoms with Crippen LogP contribution in [0.4, 0.5) is 5.69 Å². The van der Waals surface area contributed by atoms with Crippen LogP contribution in [-0.4, -0.2) is 23.4 Å². The molecule has 1 aromatic heterocycles. The Kier molecular flexibility index (Phi) is 5.02. The molecule has 1 unspecified atom stereocenters. The van der Waals surface area contributed by atoms with Crippen LogP contribution in [0, 0.1) is 0 Å². The largest absolute Gasteiger partial charge is 0.366 e. The summed E-state index contributed by atoms with van der Waals surface area (Å²) in [6, 6.07) is 9.19. The minimum atomic E-state index is 0.143. The maximum Gasteiger partial charge on any atom is 0.0692 e. The molecule has 2 N–H and O–H groups in total. The zero-order valence-electron chi connectivity index (χ0n) is 13.5. The van der Waals surface area contributed by atoms with E-state index in [-0.39, 0.29) is 6.04 Å². The van der Waals surface area contributed by atoms with Gasteiger partial charge in [0.15, 0.2) is 0 Å². The monoisotopic (exact) mass is 286 g/mol. The van der Waals surface area contributed by atoms with Crippen LogP contribution in [0.25, 0.3) is 0 Å². The van der Waals surface area contributed by atoms with Gasteiger partial charge in [-0.1, -0.05) is 19.1 Å². The maximum absolute atomic E-state index is 6.01. The first-order valence-corrected chi connectivity index (χ1v) is 7.62. The lowest BCUT2D eigenvalue weighted by Gasteiger charge is -2.28. The van der Waals surface area contributed by atoms with Crippen molar-refractivity contribution in [2.24, 2.45) is 5.73 Å². The highest BCUT2D eigenvalue weighted by Crippen LogP contribution is 2.25. The third kappa shape index (κ3) is 3.45. The average Bonchev–Trinajstić information content (AvgIpc) is 2.98. The maximum atomic E-state index is 6.01. The first-order valence-electron chi connectivity index (χ1n) is 7.62. The number of rotatable bonds is 6. The molecule has 2 rings (SSSR count). The van der Waals surface area contributed by atoms with Crippen LogP contribution in [0.2, 0.25) is 0 Å². The molecule has 0 fully saturated rings. The van der Waals surface area contributed by atoms with E-state index in [9.17, 15) is 0 Å². The Labute approximate surface area is 127 Å². The van der Waals surface area contributed by atoms with Gasteiger partial charge in [-0.2, -0.15) is 5.10 Å². The van der Waals surface area contributed by atoms with Gasteiger partial charge in [0.25, 0.3) is 0 Å². The lowest BCUT2D eigenvalue weighted by molar-refractivity contribution is 0.531. The number of likely N-dealkylation sites (N-methyl/N-ethyl adjacent to an activating group) is 1. The second-order valence-corrected chi connectivity index (χ2v) is 5.73. The lowest BCUT2D eigenvalue weighted by Crippen LogP contribution is -2.30. The van der Waals surface area contributed by atoms with Crippen LogP contribution < -0.4 is 10.6 Å².